The molecule has 8 nitrogen and oxygen atoms in total. The van der Waals surface area contributed by atoms with Crippen LogP contribution in [0.5, 0.6) is 0 Å². The van der Waals surface area contributed by atoms with E-state index in [1.807, 2.05) is 79.7 Å². The summed E-state index contributed by atoms with van der Waals surface area (Å²) in [4.78, 5) is 38.2. The fraction of sp³-hybridized carbons (Fsp3) is 0.219. The van der Waals surface area contributed by atoms with Gasteiger partial charge < -0.3 is 0 Å². The first-order valence-electron chi connectivity index (χ1n) is 13.7. The molecule has 0 bridgehead atoms. The van der Waals surface area contributed by atoms with E-state index in [-0.39, 0.29) is 5.56 Å². The van der Waals surface area contributed by atoms with Gasteiger partial charge in [-0.25, -0.2) is 14.8 Å². The van der Waals surface area contributed by atoms with E-state index in [9.17, 15) is 9.59 Å². The van der Waals surface area contributed by atoms with Crippen LogP contribution in [0.1, 0.15) is 47.4 Å². The van der Waals surface area contributed by atoms with Gasteiger partial charge in [0, 0.05) is 17.5 Å². The highest BCUT2D eigenvalue weighted by atomic mass is 32.1. The number of aromatic amines is 1. The number of unbranched alkanes of at least 4 members (excludes halogenated alkanes) is 1. The first-order chi connectivity index (χ1) is 20.0. The minimum atomic E-state index is -0.619. The van der Waals surface area contributed by atoms with Crippen LogP contribution in [0.15, 0.2) is 86.9 Å². The minimum absolute atomic E-state index is 0.0496. The number of nitrogens with one attached hydrogen (secondary N) is 1. The Hall–Kier alpha value is -4.63. The van der Waals surface area contributed by atoms with E-state index in [1.165, 1.54) is 0 Å². The van der Waals surface area contributed by atoms with Crippen LogP contribution in [-0.2, 0) is 19.4 Å². The third kappa shape index (κ3) is 5.53. The first-order valence-corrected chi connectivity index (χ1v) is 14.5. The van der Waals surface area contributed by atoms with Gasteiger partial charge in [0.1, 0.15) is 10.8 Å². The standard InChI is InChI=1S/C32H29N5O3S/c1-3-4-12-26-25(31(38)37(20(2)33-26)19-29-34-27-13-8-9-14-28(27)41-29)18-21-15-16-23(22-10-6-5-7-11-22)24(17-21)30-35-32(39)40-36-30/h5-11,13-17H,3-4,12,18-19H2,1-2H3,(H,35,36,39). The first kappa shape index (κ1) is 26.6. The molecule has 41 heavy (non-hydrogen) atoms. The normalized spacial score (nSPS) is 11.4. The summed E-state index contributed by atoms with van der Waals surface area (Å²) in [5, 5.41) is 4.83. The van der Waals surface area contributed by atoms with Gasteiger partial charge in [0.25, 0.3) is 5.56 Å². The van der Waals surface area contributed by atoms with Gasteiger partial charge in [-0.3, -0.25) is 18.9 Å². The molecule has 0 aliphatic heterocycles. The maximum atomic E-state index is 14.1. The molecule has 0 radical (unpaired) electrons. The number of H-pyrrole nitrogens is 1. The molecular formula is C32H29N5O3S. The molecular weight excluding hydrogens is 534 g/mol. The average Bonchev–Trinajstić information content (AvgIpc) is 3.62. The second-order valence-electron chi connectivity index (χ2n) is 10.0. The fourth-order valence-electron chi connectivity index (χ4n) is 5.11. The Morgan fingerprint density at radius 3 is 2.51 bits per heavy atom. The predicted octanol–water partition coefficient (Wildman–Crippen LogP) is 6.15. The number of rotatable bonds is 9. The van der Waals surface area contributed by atoms with Gasteiger partial charge in [-0.1, -0.05) is 73.1 Å². The van der Waals surface area contributed by atoms with Gasteiger partial charge in [0.05, 0.1) is 22.5 Å². The fourth-order valence-corrected chi connectivity index (χ4v) is 6.07. The molecule has 0 spiro atoms. The molecule has 6 aromatic rings. The molecule has 6 rings (SSSR count). The van der Waals surface area contributed by atoms with Crippen molar-refractivity contribution < 1.29 is 4.52 Å². The lowest BCUT2D eigenvalue weighted by atomic mass is 9.94. The van der Waals surface area contributed by atoms with Crippen molar-refractivity contribution in [2.24, 2.45) is 0 Å². The average molecular weight is 564 g/mol. The van der Waals surface area contributed by atoms with Crippen LogP contribution in [0, 0.1) is 6.92 Å². The van der Waals surface area contributed by atoms with Gasteiger partial charge in [-0.15, -0.1) is 11.3 Å². The van der Waals surface area contributed by atoms with Crippen molar-refractivity contribution in [1.82, 2.24) is 24.7 Å². The SMILES string of the molecule is CCCCc1nc(C)n(Cc2nc3ccccc3s2)c(=O)c1Cc1ccc(-c2ccccc2)c(-c2noc(=O)[nH]2)c1. The molecule has 0 atom stereocenters. The largest absolute Gasteiger partial charge is 0.439 e. The highest BCUT2D eigenvalue weighted by Crippen LogP contribution is 2.31. The summed E-state index contributed by atoms with van der Waals surface area (Å²) in [6.07, 6.45) is 3.08. The number of hydrogen-bond donors (Lipinski definition) is 1. The van der Waals surface area contributed by atoms with Crippen LogP contribution < -0.4 is 11.3 Å². The van der Waals surface area contributed by atoms with Crippen molar-refractivity contribution in [3.05, 3.63) is 121 Å². The molecule has 0 saturated heterocycles. The molecule has 206 valence electrons. The Balaban J connectivity index is 1.43. The van der Waals surface area contributed by atoms with Crippen molar-refractivity contribution in [3.63, 3.8) is 0 Å². The summed E-state index contributed by atoms with van der Waals surface area (Å²) in [5.74, 6) is 0.410. The van der Waals surface area contributed by atoms with Crippen LogP contribution in [0.25, 0.3) is 32.7 Å². The summed E-state index contributed by atoms with van der Waals surface area (Å²) in [6.45, 7) is 4.40. The Morgan fingerprint density at radius 1 is 0.951 bits per heavy atom. The number of aromatic nitrogens is 5. The topological polar surface area (TPSA) is 107 Å². The number of benzene rings is 3. The molecule has 0 fully saturated rings. The van der Waals surface area contributed by atoms with E-state index in [0.717, 1.165) is 62.4 Å². The van der Waals surface area contributed by atoms with E-state index < -0.39 is 5.76 Å². The third-order valence-electron chi connectivity index (χ3n) is 7.18. The summed E-state index contributed by atoms with van der Waals surface area (Å²) in [5.41, 5.74) is 5.92. The minimum Gasteiger partial charge on any atom is -0.296 e. The zero-order valence-electron chi connectivity index (χ0n) is 22.9. The number of hydrogen-bond acceptors (Lipinski definition) is 7. The number of thiazole rings is 1. The van der Waals surface area contributed by atoms with Gasteiger partial charge >= 0.3 is 5.76 Å². The molecule has 3 aromatic carbocycles. The van der Waals surface area contributed by atoms with Crippen molar-refractivity contribution in [1.29, 1.82) is 0 Å². The summed E-state index contributed by atoms with van der Waals surface area (Å²) in [6, 6.07) is 23.9. The van der Waals surface area contributed by atoms with Crippen LogP contribution >= 0.6 is 11.3 Å². The van der Waals surface area contributed by atoms with Crippen molar-refractivity contribution in [2.75, 3.05) is 0 Å². The second-order valence-corrected chi connectivity index (χ2v) is 11.1. The second kappa shape index (κ2) is 11.5. The van der Waals surface area contributed by atoms with E-state index in [0.29, 0.717) is 30.2 Å². The number of para-hydroxylation sites is 1. The smallest absolute Gasteiger partial charge is 0.296 e. The summed E-state index contributed by atoms with van der Waals surface area (Å²) >= 11 is 1.60. The molecule has 3 heterocycles. The Morgan fingerprint density at radius 2 is 1.76 bits per heavy atom. The highest BCUT2D eigenvalue weighted by Gasteiger charge is 2.19. The van der Waals surface area contributed by atoms with Gasteiger partial charge in [0.2, 0.25) is 0 Å². The maximum Gasteiger partial charge on any atom is 0.439 e. The lowest BCUT2D eigenvalue weighted by Gasteiger charge is -2.16. The Labute approximate surface area is 240 Å². The number of aryl methyl sites for hydroxylation is 2. The van der Waals surface area contributed by atoms with Crippen molar-refractivity contribution in [3.8, 4) is 22.5 Å². The zero-order valence-corrected chi connectivity index (χ0v) is 23.7. The van der Waals surface area contributed by atoms with Gasteiger partial charge in [-0.05, 0) is 54.7 Å². The van der Waals surface area contributed by atoms with E-state index in [4.69, 9.17) is 14.5 Å². The van der Waals surface area contributed by atoms with E-state index in [2.05, 4.69) is 17.1 Å². The van der Waals surface area contributed by atoms with Crippen LogP contribution in [-0.4, -0.2) is 24.7 Å². The molecule has 0 aliphatic rings. The van der Waals surface area contributed by atoms with Crippen LogP contribution in [0.2, 0.25) is 0 Å². The third-order valence-corrected chi connectivity index (χ3v) is 8.20. The maximum absolute atomic E-state index is 14.1. The Bertz CT molecular complexity index is 1920. The van der Waals surface area contributed by atoms with Crippen LogP contribution in [0.4, 0.5) is 0 Å². The van der Waals surface area contributed by atoms with Crippen molar-refractivity contribution in [2.45, 2.75) is 46.1 Å². The van der Waals surface area contributed by atoms with Gasteiger partial charge in [-0.2, -0.15) is 0 Å². The summed E-state index contributed by atoms with van der Waals surface area (Å²) < 4.78 is 7.66. The van der Waals surface area contributed by atoms with Gasteiger partial charge in [0.15, 0.2) is 5.82 Å². The molecule has 9 heteroatoms. The van der Waals surface area contributed by atoms with Crippen molar-refractivity contribution >= 4 is 21.6 Å². The molecule has 0 saturated carbocycles. The molecule has 0 unspecified atom stereocenters. The zero-order chi connectivity index (χ0) is 28.3. The quantitative estimate of drug-likeness (QED) is 0.226. The monoisotopic (exact) mass is 563 g/mol. The molecule has 0 amide bonds. The van der Waals surface area contributed by atoms with E-state index >= 15 is 0 Å². The lowest BCUT2D eigenvalue weighted by Crippen LogP contribution is -2.30. The molecule has 0 aliphatic carbocycles. The Kier molecular flexibility index (Phi) is 7.43. The predicted molar refractivity (Wildman–Crippen MR) is 161 cm³/mol. The molecule has 1 N–H and O–H groups in total. The number of fused-ring (bicyclic) bond motifs is 1. The highest BCUT2D eigenvalue weighted by molar-refractivity contribution is 7.18. The van der Waals surface area contributed by atoms with Crippen LogP contribution in [0.3, 0.4) is 0 Å². The molecule has 3 aromatic heterocycles. The lowest BCUT2D eigenvalue weighted by molar-refractivity contribution is 0.388. The summed E-state index contributed by atoms with van der Waals surface area (Å²) in [7, 11) is 0. The number of nitrogens with zero attached hydrogens (tertiary/aromatic N) is 4. The van der Waals surface area contributed by atoms with E-state index in [1.54, 1.807) is 15.9 Å².